The Labute approximate surface area is 107 Å². The van der Waals surface area contributed by atoms with E-state index < -0.39 is 34.0 Å². The summed E-state index contributed by atoms with van der Waals surface area (Å²) in [5, 5.41) is 10.9. The minimum atomic E-state index is -3.53. The molecule has 0 aromatic heterocycles. The first-order chi connectivity index (χ1) is 8.03. The molecule has 0 aliphatic heterocycles. The fourth-order valence-electron chi connectivity index (χ4n) is 1.31. The van der Waals surface area contributed by atoms with Gasteiger partial charge < -0.3 is 10.4 Å². The molecule has 0 saturated heterocycles. The van der Waals surface area contributed by atoms with Crippen molar-refractivity contribution in [3.05, 3.63) is 0 Å². The predicted octanol–water partition coefficient (Wildman–Crippen LogP) is -0.460. The van der Waals surface area contributed by atoms with Gasteiger partial charge in [-0.25, -0.2) is 13.1 Å². The average Bonchev–Trinajstić information content (AvgIpc) is 2.13. The average molecular weight is 280 g/mol. The van der Waals surface area contributed by atoms with Gasteiger partial charge >= 0.3 is 5.97 Å². The van der Waals surface area contributed by atoms with Crippen LogP contribution in [0.3, 0.4) is 0 Å². The van der Waals surface area contributed by atoms with Gasteiger partial charge in [-0.05, 0) is 19.3 Å². The van der Waals surface area contributed by atoms with Crippen LogP contribution in [0, 0.1) is 5.92 Å². The highest BCUT2D eigenvalue weighted by molar-refractivity contribution is 7.88. The van der Waals surface area contributed by atoms with E-state index in [9.17, 15) is 18.0 Å². The summed E-state index contributed by atoms with van der Waals surface area (Å²) in [4.78, 5) is 22.4. The molecule has 0 saturated carbocycles. The molecule has 106 valence electrons. The maximum absolute atomic E-state index is 11.8. The molecule has 0 bridgehead atoms. The third-order valence-electron chi connectivity index (χ3n) is 2.11. The molecule has 0 aliphatic rings. The monoisotopic (exact) mass is 280 g/mol. The van der Waals surface area contributed by atoms with Gasteiger partial charge in [-0.15, -0.1) is 0 Å². The molecule has 0 fully saturated rings. The van der Waals surface area contributed by atoms with Crippen molar-refractivity contribution in [2.24, 2.45) is 5.92 Å². The highest BCUT2D eigenvalue weighted by Crippen LogP contribution is 2.06. The highest BCUT2D eigenvalue weighted by Gasteiger charge is 2.25. The van der Waals surface area contributed by atoms with Crippen LogP contribution in [-0.4, -0.2) is 43.7 Å². The van der Waals surface area contributed by atoms with Crippen molar-refractivity contribution in [3.63, 3.8) is 0 Å². The number of amides is 1. The number of carboxylic acid groups (broad SMARTS) is 1. The van der Waals surface area contributed by atoms with E-state index in [0.29, 0.717) is 6.42 Å². The molecule has 7 nitrogen and oxygen atoms in total. The van der Waals surface area contributed by atoms with Crippen LogP contribution in [0.2, 0.25) is 0 Å². The van der Waals surface area contributed by atoms with Gasteiger partial charge in [0.15, 0.2) is 0 Å². The topological polar surface area (TPSA) is 113 Å². The number of rotatable bonds is 7. The lowest BCUT2D eigenvalue weighted by molar-refractivity contribution is -0.141. The van der Waals surface area contributed by atoms with Gasteiger partial charge in [0.05, 0.1) is 6.26 Å². The molecule has 0 heterocycles. The summed E-state index contributed by atoms with van der Waals surface area (Å²) in [6.45, 7) is 4.99. The maximum Gasteiger partial charge on any atom is 0.325 e. The molecule has 1 amide bonds. The van der Waals surface area contributed by atoms with E-state index in [0.717, 1.165) is 6.26 Å². The lowest BCUT2D eigenvalue weighted by atomic mass is 10.0. The molecule has 0 rings (SSSR count). The third-order valence-corrected chi connectivity index (χ3v) is 2.82. The number of hydrogen-bond acceptors (Lipinski definition) is 4. The van der Waals surface area contributed by atoms with Gasteiger partial charge in [-0.2, -0.15) is 0 Å². The molecule has 0 aromatic rings. The Bertz CT molecular complexity index is 404. The van der Waals surface area contributed by atoms with E-state index in [1.54, 1.807) is 0 Å². The lowest BCUT2D eigenvalue weighted by Crippen LogP contribution is -2.50. The van der Waals surface area contributed by atoms with Crippen LogP contribution < -0.4 is 10.0 Å². The molecule has 1 unspecified atom stereocenters. The van der Waals surface area contributed by atoms with Crippen LogP contribution in [0.4, 0.5) is 0 Å². The SMILES string of the molecule is CC(C)CC(NS(C)(=O)=O)C(=O)N[C@@H](C)C(=O)O. The van der Waals surface area contributed by atoms with E-state index in [2.05, 4.69) is 10.0 Å². The van der Waals surface area contributed by atoms with Crippen LogP contribution in [0.5, 0.6) is 0 Å². The smallest absolute Gasteiger partial charge is 0.325 e. The molecule has 8 heteroatoms. The van der Waals surface area contributed by atoms with Crippen molar-refractivity contribution in [3.8, 4) is 0 Å². The number of sulfonamides is 1. The Morgan fingerprint density at radius 2 is 1.72 bits per heavy atom. The molecule has 18 heavy (non-hydrogen) atoms. The molecule has 0 radical (unpaired) electrons. The van der Waals surface area contributed by atoms with E-state index in [1.165, 1.54) is 6.92 Å². The van der Waals surface area contributed by atoms with E-state index >= 15 is 0 Å². The predicted molar refractivity (Wildman–Crippen MR) is 66.5 cm³/mol. The maximum atomic E-state index is 11.8. The van der Waals surface area contributed by atoms with Gasteiger partial charge in [0.25, 0.3) is 0 Å². The van der Waals surface area contributed by atoms with Gasteiger partial charge in [-0.1, -0.05) is 13.8 Å². The Kier molecular flexibility index (Phi) is 6.27. The van der Waals surface area contributed by atoms with E-state index in [4.69, 9.17) is 5.11 Å². The number of nitrogens with one attached hydrogen (secondary N) is 2. The Balaban J connectivity index is 4.75. The number of hydrogen-bond donors (Lipinski definition) is 3. The fourth-order valence-corrected chi connectivity index (χ4v) is 2.03. The number of carboxylic acids is 1. The minimum Gasteiger partial charge on any atom is -0.480 e. The van der Waals surface area contributed by atoms with E-state index in [-0.39, 0.29) is 5.92 Å². The summed E-state index contributed by atoms with van der Waals surface area (Å²) < 4.78 is 24.5. The van der Waals surface area contributed by atoms with Crippen molar-refractivity contribution >= 4 is 21.9 Å². The first-order valence-electron chi connectivity index (χ1n) is 5.53. The second-order valence-corrected chi connectivity index (χ2v) is 6.42. The summed E-state index contributed by atoms with van der Waals surface area (Å²) in [7, 11) is -3.53. The Morgan fingerprint density at radius 3 is 2.06 bits per heavy atom. The zero-order chi connectivity index (χ0) is 14.5. The Hall–Kier alpha value is -1.15. The first-order valence-corrected chi connectivity index (χ1v) is 7.42. The van der Waals surface area contributed by atoms with Crippen molar-refractivity contribution in [2.75, 3.05) is 6.26 Å². The standard InChI is InChI=1S/C10H20N2O5S/c1-6(2)5-8(12-18(4,16)17)9(13)11-7(3)10(14)15/h6-8,12H,5H2,1-4H3,(H,11,13)(H,14,15)/t7-,8?/m0/s1. The molecule has 3 N–H and O–H groups in total. The van der Waals surface area contributed by atoms with Crippen LogP contribution in [0.15, 0.2) is 0 Å². The number of carbonyl (C=O) groups is 2. The van der Waals surface area contributed by atoms with Gasteiger partial charge in [-0.3, -0.25) is 9.59 Å². The zero-order valence-corrected chi connectivity index (χ0v) is 11.7. The summed E-state index contributed by atoms with van der Waals surface area (Å²) in [5.41, 5.74) is 0. The minimum absolute atomic E-state index is 0.0927. The molecule has 0 spiro atoms. The highest BCUT2D eigenvalue weighted by atomic mass is 32.2. The summed E-state index contributed by atoms with van der Waals surface area (Å²) >= 11 is 0. The summed E-state index contributed by atoms with van der Waals surface area (Å²) in [6.07, 6.45) is 1.25. The number of aliphatic carboxylic acids is 1. The molecule has 2 atom stereocenters. The van der Waals surface area contributed by atoms with Crippen molar-refractivity contribution < 1.29 is 23.1 Å². The zero-order valence-electron chi connectivity index (χ0n) is 10.9. The van der Waals surface area contributed by atoms with E-state index in [1.807, 2.05) is 13.8 Å². The summed E-state index contributed by atoms with van der Waals surface area (Å²) in [5.74, 6) is -1.72. The normalized spacial score (nSPS) is 15.2. The van der Waals surface area contributed by atoms with Gasteiger partial charge in [0, 0.05) is 0 Å². The lowest BCUT2D eigenvalue weighted by Gasteiger charge is -2.20. The first kappa shape index (κ1) is 16.9. The van der Waals surface area contributed by atoms with Crippen LogP contribution in [-0.2, 0) is 19.6 Å². The quantitative estimate of drug-likeness (QED) is 0.584. The molecule has 0 aromatic carbocycles. The molecular formula is C10H20N2O5S. The van der Waals surface area contributed by atoms with Crippen LogP contribution in [0.25, 0.3) is 0 Å². The van der Waals surface area contributed by atoms with Crippen LogP contribution in [0.1, 0.15) is 27.2 Å². The third kappa shape index (κ3) is 7.23. The van der Waals surface area contributed by atoms with Gasteiger partial charge in [0.1, 0.15) is 12.1 Å². The molecular weight excluding hydrogens is 260 g/mol. The summed E-state index contributed by atoms with van der Waals surface area (Å²) in [6, 6.07) is -2.02. The van der Waals surface area contributed by atoms with Gasteiger partial charge in [0.2, 0.25) is 15.9 Å². The fraction of sp³-hybridized carbons (Fsp3) is 0.800. The van der Waals surface area contributed by atoms with Crippen molar-refractivity contribution in [1.29, 1.82) is 0 Å². The second kappa shape index (κ2) is 6.69. The van der Waals surface area contributed by atoms with Crippen molar-refractivity contribution in [1.82, 2.24) is 10.0 Å². The Morgan fingerprint density at radius 1 is 1.22 bits per heavy atom. The largest absolute Gasteiger partial charge is 0.480 e. The van der Waals surface area contributed by atoms with Crippen LogP contribution >= 0.6 is 0 Å². The number of carbonyl (C=O) groups excluding carboxylic acids is 1. The second-order valence-electron chi connectivity index (χ2n) is 4.64. The molecule has 0 aliphatic carbocycles. The van der Waals surface area contributed by atoms with Crippen molar-refractivity contribution in [2.45, 2.75) is 39.3 Å².